The molecule has 2 aromatic rings. The van der Waals surface area contributed by atoms with Crippen LogP contribution in [-0.2, 0) is 11.3 Å². The van der Waals surface area contributed by atoms with Gasteiger partial charge in [-0.15, -0.1) is 24.0 Å². The van der Waals surface area contributed by atoms with Gasteiger partial charge in [0.15, 0.2) is 5.96 Å². The number of aliphatic imine (C=N–C) groups is 1. The van der Waals surface area contributed by atoms with Crippen LogP contribution in [0, 0.1) is 0 Å². The van der Waals surface area contributed by atoms with E-state index in [0.29, 0.717) is 6.54 Å². The Morgan fingerprint density at radius 1 is 1.19 bits per heavy atom. The van der Waals surface area contributed by atoms with E-state index >= 15 is 0 Å². The van der Waals surface area contributed by atoms with Crippen molar-refractivity contribution in [3.8, 4) is 5.75 Å². The topological polar surface area (TPSA) is 74.2 Å². The summed E-state index contributed by atoms with van der Waals surface area (Å²) in [6, 6.07) is 12.5. The first-order valence-corrected chi connectivity index (χ1v) is 10.6. The number of aromatic nitrogens is 1. The SMILES string of the molecule is CN=C(NCc1cccnc1N(C)C)NCC(c1ccc(OC)cc1)N1CCOCC1.I. The van der Waals surface area contributed by atoms with Crippen LogP contribution in [0.15, 0.2) is 47.6 Å². The van der Waals surface area contributed by atoms with Crippen LogP contribution in [0.2, 0.25) is 0 Å². The monoisotopic (exact) mass is 554 g/mol. The second kappa shape index (κ2) is 13.4. The summed E-state index contributed by atoms with van der Waals surface area (Å²) in [5.41, 5.74) is 2.36. The number of benzene rings is 1. The van der Waals surface area contributed by atoms with Crippen LogP contribution in [0.4, 0.5) is 5.82 Å². The van der Waals surface area contributed by atoms with Gasteiger partial charge in [-0.3, -0.25) is 9.89 Å². The molecule has 1 aliphatic heterocycles. The number of pyridine rings is 1. The second-order valence-corrected chi connectivity index (χ2v) is 7.62. The first-order valence-electron chi connectivity index (χ1n) is 10.6. The molecular formula is C23H35IN6O2. The number of hydrogen-bond donors (Lipinski definition) is 2. The molecule has 9 heteroatoms. The van der Waals surface area contributed by atoms with E-state index in [0.717, 1.165) is 55.9 Å². The van der Waals surface area contributed by atoms with Crippen LogP contribution < -0.4 is 20.3 Å². The van der Waals surface area contributed by atoms with Crippen molar-refractivity contribution in [1.82, 2.24) is 20.5 Å². The number of ether oxygens (including phenoxy) is 2. The summed E-state index contributed by atoms with van der Waals surface area (Å²) in [7, 11) is 7.49. The van der Waals surface area contributed by atoms with Crippen LogP contribution in [0.5, 0.6) is 5.75 Å². The lowest BCUT2D eigenvalue weighted by Crippen LogP contribution is -2.46. The molecular weight excluding hydrogens is 519 g/mol. The van der Waals surface area contributed by atoms with Gasteiger partial charge in [-0.1, -0.05) is 18.2 Å². The number of rotatable bonds is 8. The molecule has 176 valence electrons. The molecule has 2 N–H and O–H groups in total. The number of nitrogens with zero attached hydrogens (tertiary/aromatic N) is 4. The molecule has 1 unspecified atom stereocenters. The van der Waals surface area contributed by atoms with Crippen molar-refractivity contribution in [3.05, 3.63) is 53.7 Å². The van der Waals surface area contributed by atoms with Crippen LogP contribution in [0.3, 0.4) is 0 Å². The van der Waals surface area contributed by atoms with Crippen molar-refractivity contribution in [1.29, 1.82) is 0 Å². The normalized spacial score (nSPS) is 15.4. The zero-order valence-electron chi connectivity index (χ0n) is 19.4. The van der Waals surface area contributed by atoms with Gasteiger partial charge in [0.1, 0.15) is 11.6 Å². The molecule has 1 atom stereocenters. The Morgan fingerprint density at radius 2 is 1.91 bits per heavy atom. The summed E-state index contributed by atoms with van der Waals surface area (Å²) in [5, 5.41) is 6.92. The summed E-state index contributed by atoms with van der Waals surface area (Å²) in [4.78, 5) is 13.4. The Bertz CT molecular complexity index is 841. The van der Waals surface area contributed by atoms with Gasteiger partial charge in [-0.25, -0.2) is 4.98 Å². The largest absolute Gasteiger partial charge is 0.497 e. The first-order chi connectivity index (χ1) is 15.1. The van der Waals surface area contributed by atoms with Crippen LogP contribution in [0.25, 0.3) is 0 Å². The summed E-state index contributed by atoms with van der Waals surface area (Å²) >= 11 is 0. The molecule has 0 saturated carbocycles. The standard InChI is InChI=1S/C23H34N6O2.HI/c1-24-23(26-16-19-6-5-11-25-22(19)28(2)3)27-17-21(29-12-14-31-15-13-29)18-7-9-20(30-4)10-8-18;/h5-11,21H,12-17H2,1-4H3,(H2,24,26,27);1H. The zero-order chi connectivity index (χ0) is 22.1. The highest BCUT2D eigenvalue weighted by Gasteiger charge is 2.23. The highest BCUT2D eigenvalue weighted by Crippen LogP contribution is 2.23. The molecule has 3 rings (SSSR count). The van der Waals surface area contributed by atoms with Gasteiger partial charge in [0.05, 0.1) is 26.4 Å². The van der Waals surface area contributed by atoms with Crippen LogP contribution >= 0.6 is 24.0 Å². The lowest BCUT2D eigenvalue weighted by molar-refractivity contribution is 0.0170. The number of hydrogen-bond acceptors (Lipinski definition) is 6. The quantitative estimate of drug-likeness (QED) is 0.295. The van der Waals surface area contributed by atoms with E-state index in [1.165, 1.54) is 5.56 Å². The molecule has 1 aromatic heterocycles. The van der Waals surface area contributed by atoms with E-state index < -0.39 is 0 Å². The number of morpholine rings is 1. The molecule has 0 aliphatic carbocycles. The maximum absolute atomic E-state index is 5.56. The third-order valence-electron chi connectivity index (χ3n) is 5.41. The average Bonchev–Trinajstić information content (AvgIpc) is 2.82. The maximum Gasteiger partial charge on any atom is 0.191 e. The van der Waals surface area contributed by atoms with E-state index in [1.54, 1.807) is 14.2 Å². The van der Waals surface area contributed by atoms with E-state index in [-0.39, 0.29) is 30.0 Å². The number of nitrogens with one attached hydrogen (secondary N) is 2. The molecule has 0 bridgehead atoms. The number of halogens is 1. The van der Waals surface area contributed by atoms with Gasteiger partial charge >= 0.3 is 0 Å². The third kappa shape index (κ3) is 7.21. The van der Waals surface area contributed by atoms with E-state index in [2.05, 4.69) is 43.7 Å². The lowest BCUT2D eigenvalue weighted by atomic mass is 10.0. The van der Waals surface area contributed by atoms with Crippen molar-refractivity contribution < 1.29 is 9.47 Å². The van der Waals surface area contributed by atoms with Crippen molar-refractivity contribution in [2.75, 3.05) is 66.0 Å². The highest BCUT2D eigenvalue weighted by atomic mass is 127. The van der Waals surface area contributed by atoms with Crippen LogP contribution in [-0.4, -0.2) is 76.9 Å². The summed E-state index contributed by atoms with van der Waals surface area (Å²) in [5.74, 6) is 2.58. The average molecular weight is 554 g/mol. The van der Waals surface area contributed by atoms with Crippen LogP contribution in [0.1, 0.15) is 17.2 Å². The van der Waals surface area contributed by atoms with Gasteiger partial charge in [-0.2, -0.15) is 0 Å². The van der Waals surface area contributed by atoms with Gasteiger partial charge in [-0.05, 0) is 23.8 Å². The fraction of sp³-hybridized carbons (Fsp3) is 0.478. The molecule has 1 fully saturated rings. The molecule has 8 nitrogen and oxygen atoms in total. The molecule has 1 aliphatic rings. The summed E-state index contributed by atoms with van der Waals surface area (Å²) in [6.45, 7) is 4.71. The van der Waals surface area contributed by atoms with Crippen molar-refractivity contribution in [3.63, 3.8) is 0 Å². The fourth-order valence-corrected chi connectivity index (χ4v) is 3.74. The van der Waals surface area contributed by atoms with Gasteiger partial charge in [0, 0.05) is 59.1 Å². The fourth-order valence-electron chi connectivity index (χ4n) is 3.74. The Morgan fingerprint density at radius 3 is 2.53 bits per heavy atom. The Labute approximate surface area is 208 Å². The number of guanidine groups is 1. The van der Waals surface area contributed by atoms with Crippen molar-refractivity contribution >= 4 is 35.8 Å². The predicted octanol–water partition coefficient (Wildman–Crippen LogP) is 2.51. The maximum atomic E-state index is 5.56. The molecule has 2 heterocycles. The molecule has 32 heavy (non-hydrogen) atoms. The molecule has 0 amide bonds. The Kier molecular flexibility index (Phi) is 11.0. The smallest absolute Gasteiger partial charge is 0.191 e. The molecule has 0 radical (unpaired) electrons. The molecule has 1 saturated heterocycles. The predicted molar refractivity (Wildman–Crippen MR) is 140 cm³/mol. The lowest BCUT2D eigenvalue weighted by Gasteiger charge is -2.35. The minimum Gasteiger partial charge on any atom is -0.497 e. The third-order valence-corrected chi connectivity index (χ3v) is 5.41. The minimum atomic E-state index is 0. The van der Waals surface area contributed by atoms with Crippen molar-refractivity contribution in [2.24, 2.45) is 4.99 Å². The second-order valence-electron chi connectivity index (χ2n) is 7.62. The Balaban J connectivity index is 0.00000363. The minimum absolute atomic E-state index is 0. The number of methoxy groups -OCH3 is 1. The van der Waals surface area contributed by atoms with Gasteiger partial charge in [0.25, 0.3) is 0 Å². The van der Waals surface area contributed by atoms with E-state index in [4.69, 9.17) is 9.47 Å². The van der Waals surface area contributed by atoms with Crippen molar-refractivity contribution in [2.45, 2.75) is 12.6 Å². The molecule has 0 spiro atoms. The number of anilines is 1. The highest BCUT2D eigenvalue weighted by molar-refractivity contribution is 14.0. The van der Waals surface area contributed by atoms with Gasteiger partial charge < -0.3 is 25.0 Å². The molecule has 1 aromatic carbocycles. The summed E-state index contributed by atoms with van der Waals surface area (Å²) < 4.78 is 10.9. The Hall–Kier alpha value is -2.11. The van der Waals surface area contributed by atoms with E-state index in [9.17, 15) is 0 Å². The summed E-state index contributed by atoms with van der Waals surface area (Å²) in [6.07, 6.45) is 1.81. The van der Waals surface area contributed by atoms with Gasteiger partial charge in [0.2, 0.25) is 0 Å². The first kappa shape index (κ1) is 26.1. The zero-order valence-corrected chi connectivity index (χ0v) is 21.7. The van der Waals surface area contributed by atoms with E-state index in [1.807, 2.05) is 43.4 Å².